The van der Waals surface area contributed by atoms with Crippen molar-refractivity contribution in [3.8, 4) is 10.7 Å². The molecule has 0 saturated heterocycles. The summed E-state index contributed by atoms with van der Waals surface area (Å²) in [6, 6.07) is 0. The molecule has 0 bridgehead atoms. The zero-order chi connectivity index (χ0) is 13.1. The summed E-state index contributed by atoms with van der Waals surface area (Å²) in [4.78, 5) is 16.6. The third-order valence-electron chi connectivity index (χ3n) is 2.31. The molecule has 8 heteroatoms. The number of hydrogen-bond acceptors (Lipinski definition) is 7. The molecule has 0 aliphatic heterocycles. The highest BCUT2D eigenvalue weighted by Gasteiger charge is 2.20. The van der Waals surface area contributed by atoms with Crippen LogP contribution in [-0.2, 0) is 18.2 Å². The SMILES string of the molecule is CCOC(=O)c1nc(-c2snnc2CC)n(C)n1. The van der Waals surface area contributed by atoms with Gasteiger partial charge in [0.05, 0.1) is 12.3 Å². The van der Waals surface area contributed by atoms with Crippen LogP contribution < -0.4 is 0 Å². The van der Waals surface area contributed by atoms with Crippen LogP contribution in [0.1, 0.15) is 30.2 Å². The van der Waals surface area contributed by atoms with Crippen LogP contribution >= 0.6 is 11.5 Å². The lowest BCUT2D eigenvalue weighted by molar-refractivity contribution is 0.0512. The van der Waals surface area contributed by atoms with Crippen LogP contribution in [0.3, 0.4) is 0 Å². The molecule has 0 aliphatic carbocycles. The lowest BCUT2D eigenvalue weighted by atomic mass is 10.3. The number of esters is 1. The van der Waals surface area contributed by atoms with E-state index in [0.717, 1.165) is 17.0 Å². The van der Waals surface area contributed by atoms with Gasteiger partial charge in [-0.3, -0.25) is 0 Å². The third-order valence-corrected chi connectivity index (χ3v) is 3.08. The zero-order valence-corrected chi connectivity index (χ0v) is 11.2. The Morgan fingerprint density at radius 3 is 2.89 bits per heavy atom. The normalized spacial score (nSPS) is 10.6. The maximum atomic E-state index is 11.5. The van der Waals surface area contributed by atoms with E-state index in [1.165, 1.54) is 11.5 Å². The van der Waals surface area contributed by atoms with Crippen molar-refractivity contribution >= 4 is 17.5 Å². The van der Waals surface area contributed by atoms with Gasteiger partial charge in [0.1, 0.15) is 4.88 Å². The van der Waals surface area contributed by atoms with E-state index in [1.807, 2.05) is 6.92 Å². The summed E-state index contributed by atoms with van der Waals surface area (Å²) in [6.07, 6.45) is 0.757. The minimum Gasteiger partial charge on any atom is -0.460 e. The topological polar surface area (TPSA) is 82.8 Å². The van der Waals surface area contributed by atoms with Gasteiger partial charge in [-0.15, -0.1) is 10.2 Å². The van der Waals surface area contributed by atoms with Gasteiger partial charge in [0.15, 0.2) is 5.82 Å². The average molecular weight is 267 g/mol. The highest BCUT2D eigenvalue weighted by atomic mass is 32.1. The summed E-state index contributed by atoms with van der Waals surface area (Å²) in [5.41, 5.74) is 0.853. The molecule has 0 saturated carbocycles. The Bertz CT molecular complexity index is 562. The van der Waals surface area contributed by atoms with Gasteiger partial charge in [-0.2, -0.15) is 4.98 Å². The molecule has 18 heavy (non-hydrogen) atoms. The van der Waals surface area contributed by atoms with Crippen molar-refractivity contribution in [3.05, 3.63) is 11.5 Å². The molecule has 2 aromatic heterocycles. The first-order chi connectivity index (χ1) is 8.67. The van der Waals surface area contributed by atoms with E-state index in [1.54, 1.807) is 18.7 Å². The van der Waals surface area contributed by atoms with Gasteiger partial charge in [-0.05, 0) is 24.9 Å². The fraction of sp³-hybridized carbons (Fsp3) is 0.500. The van der Waals surface area contributed by atoms with Gasteiger partial charge in [0.25, 0.3) is 5.82 Å². The highest BCUT2D eigenvalue weighted by Crippen LogP contribution is 2.24. The van der Waals surface area contributed by atoms with Crippen molar-refractivity contribution in [1.82, 2.24) is 24.4 Å². The second kappa shape index (κ2) is 5.21. The predicted octanol–water partition coefficient (Wildman–Crippen LogP) is 1.07. The van der Waals surface area contributed by atoms with Crippen LogP contribution in [0.2, 0.25) is 0 Å². The minimum atomic E-state index is -0.519. The molecule has 0 aromatic carbocycles. The third kappa shape index (κ3) is 2.23. The van der Waals surface area contributed by atoms with Crippen molar-refractivity contribution in [2.45, 2.75) is 20.3 Å². The molecule has 96 valence electrons. The first-order valence-corrected chi connectivity index (χ1v) is 6.34. The van der Waals surface area contributed by atoms with Gasteiger partial charge in [0, 0.05) is 7.05 Å². The number of ether oxygens (including phenoxy) is 1. The molecular formula is C10H13N5O2S. The quantitative estimate of drug-likeness (QED) is 0.771. The summed E-state index contributed by atoms with van der Waals surface area (Å²) in [5.74, 6) is 0.129. The van der Waals surface area contributed by atoms with Crippen molar-refractivity contribution < 1.29 is 9.53 Å². The predicted molar refractivity (Wildman–Crippen MR) is 65.2 cm³/mol. The summed E-state index contributed by atoms with van der Waals surface area (Å²) >= 11 is 1.24. The van der Waals surface area contributed by atoms with E-state index in [9.17, 15) is 4.79 Å². The second-order valence-electron chi connectivity index (χ2n) is 3.51. The fourth-order valence-electron chi connectivity index (χ4n) is 1.47. The van der Waals surface area contributed by atoms with Crippen molar-refractivity contribution in [3.63, 3.8) is 0 Å². The van der Waals surface area contributed by atoms with E-state index in [-0.39, 0.29) is 5.82 Å². The van der Waals surface area contributed by atoms with Crippen LogP contribution in [0.25, 0.3) is 10.7 Å². The number of hydrogen-bond donors (Lipinski definition) is 0. The summed E-state index contributed by atoms with van der Waals surface area (Å²) in [7, 11) is 1.73. The van der Waals surface area contributed by atoms with Crippen molar-refractivity contribution in [2.24, 2.45) is 7.05 Å². The molecule has 0 atom stereocenters. The Hall–Kier alpha value is -1.83. The molecule has 0 spiro atoms. The summed E-state index contributed by atoms with van der Waals surface area (Å²) in [6.45, 7) is 4.03. The lowest BCUT2D eigenvalue weighted by Crippen LogP contribution is -2.07. The number of rotatable bonds is 4. The highest BCUT2D eigenvalue weighted by molar-refractivity contribution is 7.09. The molecule has 0 fully saturated rings. The number of aryl methyl sites for hydroxylation is 2. The summed E-state index contributed by atoms with van der Waals surface area (Å²) in [5, 5.41) is 8.06. The Morgan fingerprint density at radius 2 is 2.22 bits per heavy atom. The molecule has 2 heterocycles. The van der Waals surface area contributed by atoms with Crippen LogP contribution in [0, 0.1) is 0 Å². The van der Waals surface area contributed by atoms with E-state index in [2.05, 4.69) is 19.7 Å². The van der Waals surface area contributed by atoms with Crippen molar-refractivity contribution in [1.29, 1.82) is 0 Å². The van der Waals surface area contributed by atoms with Crippen LogP contribution in [0.15, 0.2) is 0 Å². The molecule has 0 amide bonds. The first kappa shape index (κ1) is 12.6. The Labute approximate surface area is 108 Å². The average Bonchev–Trinajstić information content (AvgIpc) is 2.94. The number of nitrogens with zero attached hydrogens (tertiary/aromatic N) is 5. The Morgan fingerprint density at radius 1 is 1.44 bits per heavy atom. The van der Waals surface area contributed by atoms with E-state index >= 15 is 0 Å². The monoisotopic (exact) mass is 267 g/mol. The van der Waals surface area contributed by atoms with Gasteiger partial charge >= 0.3 is 5.97 Å². The number of carbonyl (C=O) groups is 1. The summed E-state index contributed by atoms with van der Waals surface area (Å²) < 4.78 is 10.3. The molecule has 2 rings (SSSR count). The largest absolute Gasteiger partial charge is 0.460 e. The molecular weight excluding hydrogens is 254 g/mol. The van der Waals surface area contributed by atoms with E-state index in [4.69, 9.17) is 4.74 Å². The second-order valence-corrected chi connectivity index (χ2v) is 4.26. The molecule has 0 unspecified atom stereocenters. The first-order valence-electron chi connectivity index (χ1n) is 5.57. The fourth-order valence-corrected chi connectivity index (χ4v) is 2.25. The van der Waals surface area contributed by atoms with E-state index in [0.29, 0.717) is 12.4 Å². The van der Waals surface area contributed by atoms with Crippen molar-refractivity contribution in [2.75, 3.05) is 6.61 Å². The Kier molecular flexibility index (Phi) is 3.66. The maximum Gasteiger partial charge on any atom is 0.378 e. The van der Waals surface area contributed by atoms with Gasteiger partial charge in [0.2, 0.25) is 0 Å². The molecule has 7 nitrogen and oxygen atoms in total. The standard InChI is InChI=1S/C10H13N5O2S/c1-4-6-7(18-14-12-6)9-11-8(13-15(9)3)10(16)17-5-2/h4-5H2,1-3H3. The zero-order valence-electron chi connectivity index (χ0n) is 10.4. The van der Waals surface area contributed by atoms with E-state index < -0.39 is 5.97 Å². The molecule has 2 aromatic rings. The smallest absolute Gasteiger partial charge is 0.378 e. The number of aromatic nitrogens is 5. The maximum absolute atomic E-state index is 11.5. The minimum absolute atomic E-state index is 0.0600. The van der Waals surface area contributed by atoms with Gasteiger partial charge in [-0.25, -0.2) is 9.48 Å². The number of carbonyl (C=O) groups excluding carboxylic acids is 1. The lowest BCUT2D eigenvalue weighted by Gasteiger charge is -1.96. The molecule has 0 aliphatic rings. The molecule has 0 radical (unpaired) electrons. The Balaban J connectivity index is 2.38. The van der Waals surface area contributed by atoms with Crippen LogP contribution in [-0.4, -0.2) is 36.9 Å². The van der Waals surface area contributed by atoms with Gasteiger partial charge < -0.3 is 4.74 Å². The van der Waals surface area contributed by atoms with Crippen LogP contribution in [0.5, 0.6) is 0 Å². The molecule has 0 N–H and O–H groups in total. The van der Waals surface area contributed by atoms with Crippen LogP contribution in [0.4, 0.5) is 0 Å². The van der Waals surface area contributed by atoms with Gasteiger partial charge in [-0.1, -0.05) is 11.4 Å².